The molecule has 0 amide bonds. The predicted molar refractivity (Wildman–Crippen MR) is 341 cm³/mol. The van der Waals surface area contributed by atoms with Crippen molar-refractivity contribution < 1.29 is 4.42 Å². The second-order valence-corrected chi connectivity index (χ2v) is 21.7. The van der Waals surface area contributed by atoms with E-state index in [0.29, 0.717) is 33.9 Å². The summed E-state index contributed by atoms with van der Waals surface area (Å²) in [6.07, 6.45) is 0. The van der Waals surface area contributed by atoms with Crippen LogP contribution in [0, 0.1) is 22.7 Å². The Labute approximate surface area is 473 Å². The Balaban J connectivity index is 1.14. The normalized spacial score (nSPS) is 12.1. The van der Waals surface area contributed by atoms with Gasteiger partial charge in [-0.25, -0.2) is 0 Å². The molecular formula is C76H42N6O. The molecule has 0 aliphatic rings. The molecule has 5 heterocycles. The van der Waals surface area contributed by atoms with E-state index >= 15 is 0 Å². The molecule has 0 fully saturated rings. The number of fused-ring (bicyclic) bond motifs is 19. The van der Waals surface area contributed by atoms with E-state index in [9.17, 15) is 10.5 Å². The van der Waals surface area contributed by atoms with Crippen LogP contribution in [-0.4, -0.2) is 18.3 Å². The summed E-state index contributed by atoms with van der Waals surface area (Å²) < 4.78 is 16.0. The number of benzene rings is 13. The molecule has 0 bridgehead atoms. The van der Waals surface area contributed by atoms with Crippen molar-refractivity contribution >= 4 is 131 Å². The number of hydrogen-bond acceptors (Lipinski definition) is 3. The van der Waals surface area contributed by atoms with Crippen molar-refractivity contribution in [2.75, 3.05) is 0 Å². The first-order chi connectivity index (χ1) is 41.2. The van der Waals surface area contributed by atoms with Gasteiger partial charge in [-0.1, -0.05) is 188 Å². The first kappa shape index (κ1) is 45.2. The minimum atomic E-state index is 0.345. The van der Waals surface area contributed by atoms with Crippen LogP contribution < -0.4 is 0 Å². The molecule has 5 aromatic heterocycles. The predicted octanol–water partition coefficient (Wildman–Crippen LogP) is 19.7. The average Bonchev–Trinajstić information content (AvgIpc) is 3.04. The summed E-state index contributed by atoms with van der Waals surface area (Å²) in [5, 5.41) is 40.2. The Hall–Kier alpha value is -11.6. The lowest BCUT2D eigenvalue weighted by Gasteiger charge is -2.27. The second-order valence-electron chi connectivity index (χ2n) is 21.7. The van der Waals surface area contributed by atoms with Crippen LogP contribution in [0.15, 0.2) is 259 Å². The van der Waals surface area contributed by atoms with Crippen LogP contribution in [0.2, 0.25) is 0 Å². The fraction of sp³-hybridized carbons (Fsp3) is 0. The summed E-state index contributed by atoms with van der Waals surface area (Å²) >= 11 is 0. The van der Waals surface area contributed by atoms with Crippen molar-refractivity contribution in [1.82, 2.24) is 18.3 Å². The van der Waals surface area contributed by atoms with Crippen molar-refractivity contribution in [3.05, 3.63) is 266 Å². The summed E-state index contributed by atoms with van der Waals surface area (Å²) in [6.45, 7) is 0. The van der Waals surface area contributed by atoms with Gasteiger partial charge in [-0.3, -0.25) is 0 Å². The lowest BCUT2D eigenvalue weighted by Crippen LogP contribution is -2.17. The maximum atomic E-state index is 12.7. The zero-order chi connectivity index (χ0) is 54.6. The highest BCUT2D eigenvalue weighted by Gasteiger charge is 2.35. The van der Waals surface area contributed by atoms with E-state index in [-0.39, 0.29) is 0 Å². The van der Waals surface area contributed by atoms with Crippen LogP contribution in [-0.2, 0) is 0 Å². The molecule has 0 aliphatic heterocycles. The molecule has 7 heteroatoms. The van der Waals surface area contributed by atoms with Crippen molar-refractivity contribution in [3.8, 4) is 46.0 Å². The standard InChI is InChI=1S/C76H42N6O/c77-43-59-72(79-61-29-10-3-21-50(61)51-22-4-11-30-62(51)79)60(44-78)75(81-65-33-14-7-25-54(65)55-26-8-15-34-66(55)81)76(74(59)80-63-31-12-5-23-52(63)53-24-6-13-32-64(53)80)82-67-40-38-47(49-28-17-19-46-37-36-45-18-1-2-20-48(45)70(46)49)42-58(67)56-39-41-69-71(73(56)82)57-27-9-16-35-68(57)83-69/h1-42H. The summed E-state index contributed by atoms with van der Waals surface area (Å²) in [5.41, 5.74) is 14.0. The number of para-hydroxylation sites is 7. The van der Waals surface area contributed by atoms with Crippen molar-refractivity contribution in [2.24, 2.45) is 0 Å². The van der Waals surface area contributed by atoms with Gasteiger partial charge in [-0.05, 0) is 99.4 Å². The molecule has 0 N–H and O–H groups in total. The molecule has 0 atom stereocenters. The highest BCUT2D eigenvalue weighted by Crippen LogP contribution is 2.51. The molecule has 0 spiro atoms. The van der Waals surface area contributed by atoms with Crippen molar-refractivity contribution in [1.29, 1.82) is 10.5 Å². The van der Waals surface area contributed by atoms with Gasteiger partial charge in [-0.15, -0.1) is 0 Å². The number of nitrogens with zero attached hydrogens (tertiary/aromatic N) is 6. The highest BCUT2D eigenvalue weighted by molar-refractivity contribution is 6.26. The van der Waals surface area contributed by atoms with Gasteiger partial charge in [0.2, 0.25) is 0 Å². The third kappa shape index (κ3) is 6.04. The van der Waals surface area contributed by atoms with E-state index in [1.54, 1.807) is 0 Å². The maximum absolute atomic E-state index is 12.7. The second kappa shape index (κ2) is 16.9. The largest absolute Gasteiger partial charge is 0.456 e. The van der Waals surface area contributed by atoms with Gasteiger partial charge in [0.25, 0.3) is 0 Å². The maximum Gasteiger partial charge on any atom is 0.137 e. The molecule has 83 heavy (non-hydrogen) atoms. The van der Waals surface area contributed by atoms with E-state index in [1.807, 2.05) is 24.3 Å². The van der Waals surface area contributed by atoms with E-state index < -0.39 is 0 Å². The first-order valence-electron chi connectivity index (χ1n) is 28.0. The minimum Gasteiger partial charge on any atom is -0.456 e. The Morgan fingerprint density at radius 1 is 0.277 bits per heavy atom. The van der Waals surface area contributed by atoms with E-state index in [0.717, 1.165) is 120 Å². The summed E-state index contributed by atoms with van der Waals surface area (Å²) in [5.74, 6) is 0. The Morgan fingerprint density at radius 2 is 0.711 bits per heavy atom. The lowest BCUT2D eigenvalue weighted by atomic mass is 9.93. The Morgan fingerprint density at radius 3 is 1.24 bits per heavy atom. The fourth-order valence-corrected chi connectivity index (χ4v) is 14.3. The van der Waals surface area contributed by atoms with Gasteiger partial charge >= 0.3 is 0 Å². The summed E-state index contributed by atoms with van der Waals surface area (Å²) in [4.78, 5) is 0. The Kier molecular flexibility index (Phi) is 9.23. The van der Waals surface area contributed by atoms with Crippen LogP contribution in [0.25, 0.3) is 165 Å². The smallest absolute Gasteiger partial charge is 0.137 e. The molecule has 0 radical (unpaired) electrons. The number of nitriles is 2. The fourth-order valence-electron chi connectivity index (χ4n) is 14.3. The number of rotatable bonds is 5. The molecule has 0 unspecified atom stereocenters. The summed E-state index contributed by atoms with van der Waals surface area (Å²) in [6, 6.07) is 95.6. The van der Waals surface area contributed by atoms with E-state index in [2.05, 4.69) is 261 Å². The van der Waals surface area contributed by atoms with Crippen LogP contribution in [0.1, 0.15) is 11.1 Å². The van der Waals surface area contributed by atoms with Gasteiger partial charge in [0, 0.05) is 48.5 Å². The molecule has 382 valence electrons. The summed E-state index contributed by atoms with van der Waals surface area (Å²) in [7, 11) is 0. The van der Waals surface area contributed by atoms with Gasteiger partial charge in [0.1, 0.15) is 34.4 Å². The number of hydrogen-bond donors (Lipinski definition) is 0. The quantitative estimate of drug-likeness (QED) is 0.161. The molecule has 7 nitrogen and oxygen atoms in total. The van der Waals surface area contributed by atoms with Crippen LogP contribution in [0.3, 0.4) is 0 Å². The molecule has 13 aromatic carbocycles. The lowest BCUT2D eigenvalue weighted by molar-refractivity contribution is 0.669. The third-order valence-corrected chi connectivity index (χ3v) is 17.6. The van der Waals surface area contributed by atoms with Crippen LogP contribution in [0.5, 0.6) is 0 Å². The number of aromatic nitrogens is 4. The molecule has 18 rings (SSSR count). The monoisotopic (exact) mass is 1050 g/mol. The van der Waals surface area contributed by atoms with Crippen LogP contribution >= 0.6 is 0 Å². The van der Waals surface area contributed by atoms with Gasteiger partial charge in [0.05, 0.1) is 72.3 Å². The molecule has 0 saturated heterocycles. The zero-order valence-electron chi connectivity index (χ0n) is 44.3. The SMILES string of the molecule is N#Cc1c(-n2c3ccccc3c3ccccc32)c(C#N)c(-n2c3ccccc3c3ccccc32)c(-n2c3ccc(-c4cccc5ccc6ccccc6c45)cc3c3ccc4oc5ccccc5c4c32)c1-n1c2ccccc2c2ccccc21. The Bertz CT molecular complexity index is 5670. The molecule has 18 aromatic rings. The minimum absolute atomic E-state index is 0.345. The topological polar surface area (TPSA) is 80.4 Å². The molecule has 0 saturated carbocycles. The van der Waals surface area contributed by atoms with Crippen LogP contribution in [0.4, 0.5) is 0 Å². The van der Waals surface area contributed by atoms with Gasteiger partial charge < -0.3 is 22.7 Å². The average molecular weight is 1060 g/mol. The zero-order valence-corrected chi connectivity index (χ0v) is 44.3. The number of furan rings is 1. The first-order valence-corrected chi connectivity index (χ1v) is 28.0. The van der Waals surface area contributed by atoms with E-state index in [1.165, 1.54) is 21.5 Å². The third-order valence-electron chi connectivity index (χ3n) is 17.6. The highest BCUT2D eigenvalue weighted by atomic mass is 16.3. The molecular weight excluding hydrogens is 1010 g/mol. The van der Waals surface area contributed by atoms with Gasteiger partial charge in [0.15, 0.2) is 0 Å². The van der Waals surface area contributed by atoms with Gasteiger partial charge in [-0.2, -0.15) is 10.5 Å². The van der Waals surface area contributed by atoms with Crippen molar-refractivity contribution in [3.63, 3.8) is 0 Å². The van der Waals surface area contributed by atoms with E-state index in [4.69, 9.17) is 4.42 Å². The van der Waals surface area contributed by atoms with Crippen molar-refractivity contribution in [2.45, 2.75) is 0 Å². The molecule has 0 aliphatic carbocycles.